The SMILES string of the molecule is O=C(NCCOc1ccc(Cl)cc1)C1CC2CCCCC2N1. The Morgan fingerprint density at radius 1 is 1.27 bits per heavy atom. The molecule has 5 heteroatoms. The summed E-state index contributed by atoms with van der Waals surface area (Å²) in [7, 11) is 0. The predicted octanol–water partition coefficient (Wildman–Crippen LogP) is 2.76. The van der Waals surface area contributed by atoms with Crippen LogP contribution in [0.2, 0.25) is 5.02 Å². The molecule has 3 atom stereocenters. The fourth-order valence-corrected chi connectivity index (χ4v) is 3.64. The molecule has 3 rings (SSSR count). The number of halogens is 1. The third-order valence-electron chi connectivity index (χ3n) is 4.66. The molecular formula is C17H23ClN2O2. The molecule has 2 fully saturated rings. The summed E-state index contributed by atoms with van der Waals surface area (Å²) in [6, 6.07) is 7.76. The minimum atomic E-state index is -0.0244. The van der Waals surface area contributed by atoms with Crippen LogP contribution in [-0.2, 0) is 4.79 Å². The number of carbonyl (C=O) groups excluding carboxylic acids is 1. The van der Waals surface area contributed by atoms with E-state index >= 15 is 0 Å². The molecule has 3 unspecified atom stereocenters. The molecule has 2 N–H and O–H groups in total. The summed E-state index contributed by atoms with van der Waals surface area (Å²) in [5, 5.41) is 7.14. The lowest BCUT2D eigenvalue weighted by atomic mass is 9.85. The number of benzene rings is 1. The van der Waals surface area contributed by atoms with Crippen molar-refractivity contribution in [3.05, 3.63) is 29.3 Å². The molecule has 1 amide bonds. The molecule has 0 spiro atoms. The number of hydrogen-bond donors (Lipinski definition) is 2. The fourth-order valence-electron chi connectivity index (χ4n) is 3.52. The molecule has 1 heterocycles. The zero-order valence-corrected chi connectivity index (χ0v) is 13.4. The van der Waals surface area contributed by atoms with Crippen LogP contribution in [0.5, 0.6) is 5.75 Å². The molecule has 4 nitrogen and oxygen atoms in total. The highest BCUT2D eigenvalue weighted by Crippen LogP contribution is 2.33. The topological polar surface area (TPSA) is 50.4 Å². The fraction of sp³-hybridized carbons (Fsp3) is 0.588. The summed E-state index contributed by atoms with van der Waals surface area (Å²) in [5.74, 6) is 1.56. The Kier molecular flexibility index (Phi) is 5.21. The van der Waals surface area contributed by atoms with Crippen LogP contribution in [0.3, 0.4) is 0 Å². The maximum Gasteiger partial charge on any atom is 0.237 e. The van der Waals surface area contributed by atoms with Crippen molar-refractivity contribution in [3.8, 4) is 5.75 Å². The van der Waals surface area contributed by atoms with Crippen LogP contribution >= 0.6 is 11.6 Å². The smallest absolute Gasteiger partial charge is 0.237 e. The van der Waals surface area contributed by atoms with Crippen molar-refractivity contribution in [3.63, 3.8) is 0 Å². The first-order valence-electron chi connectivity index (χ1n) is 8.14. The maximum absolute atomic E-state index is 12.2. The molecule has 1 aliphatic heterocycles. The van der Waals surface area contributed by atoms with Gasteiger partial charge >= 0.3 is 0 Å². The second-order valence-electron chi connectivity index (χ2n) is 6.20. The first kappa shape index (κ1) is 15.6. The Hall–Kier alpha value is -1.26. The van der Waals surface area contributed by atoms with Crippen molar-refractivity contribution in [1.82, 2.24) is 10.6 Å². The summed E-state index contributed by atoms with van der Waals surface area (Å²) >= 11 is 5.82. The van der Waals surface area contributed by atoms with E-state index in [1.807, 2.05) is 12.1 Å². The normalized spacial score (nSPS) is 27.2. The summed E-state index contributed by atoms with van der Waals surface area (Å²) in [6.07, 6.45) is 6.06. The van der Waals surface area contributed by atoms with Crippen LogP contribution < -0.4 is 15.4 Å². The molecule has 1 saturated carbocycles. The molecule has 1 aliphatic carbocycles. The summed E-state index contributed by atoms with van der Waals surface area (Å²) in [4.78, 5) is 12.2. The van der Waals surface area contributed by atoms with Crippen molar-refractivity contribution < 1.29 is 9.53 Å². The third kappa shape index (κ3) is 3.93. The molecule has 1 saturated heterocycles. The van der Waals surface area contributed by atoms with E-state index < -0.39 is 0 Å². The largest absolute Gasteiger partial charge is 0.492 e. The van der Waals surface area contributed by atoms with Crippen molar-refractivity contribution in [1.29, 1.82) is 0 Å². The van der Waals surface area contributed by atoms with Gasteiger partial charge in [-0.2, -0.15) is 0 Å². The molecule has 0 radical (unpaired) electrons. The molecule has 1 aromatic rings. The van der Waals surface area contributed by atoms with Gasteiger partial charge in [0.15, 0.2) is 0 Å². The molecular weight excluding hydrogens is 300 g/mol. The second kappa shape index (κ2) is 7.34. The van der Waals surface area contributed by atoms with Gasteiger partial charge in [0.2, 0.25) is 5.91 Å². The van der Waals surface area contributed by atoms with Crippen LogP contribution in [0.25, 0.3) is 0 Å². The Labute approximate surface area is 136 Å². The average Bonchev–Trinajstić information content (AvgIpc) is 2.97. The lowest BCUT2D eigenvalue weighted by molar-refractivity contribution is -0.123. The zero-order valence-electron chi connectivity index (χ0n) is 12.7. The molecule has 22 heavy (non-hydrogen) atoms. The Morgan fingerprint density at radius 3 is 2.82 bits per heavy atom. The van der Waals surface area contributed by atoms with E-state index in [1.54, 1.807) is 12.1 Å². The van der Waals surface area contributed by atoms with Crippen molar-refractivity contribution in [2.24, 2.45) is 5.92 Å². The van der Waals surface area contributed by atoms with E-state index in [9.17, 15) is 4.79 Å². The Balaban J connectivity index is 1.37. The van der Waals surface area contributed by atoms with E-state index in [-0.39, 0.29) is 11.9 Å². The van der Waals surface area contributed by atoms with Crippen LogP contribution in [-0.4, -0.2) is 31.1 Å². The maximum atomic E-state index is 12.2. The van der Waals surface area contributed by atoms with Gasteiger partial charge < -0.3 is 15.4 Å². The van der Waals surface area contributed by atoms with Gasteiger partial charge in [-0.3, -0.25) is 4.79 Å². The summed E-state index contributed by atoms with van der Waals surface area (Å²) in [5.41, 5.74) is 0. The Morgan fingerprint density at radius 2 is 2.05 bits per heavy atom. The van der Waals surface area contributed by atoms with Gasteiger partial charge in [0.25, 0.3) is 0 Å². The quantitative estimate of drug-likeness (QED) is 0.820. The van der Waals surface area contributed by atoms with Gasteiger partial charge in [-0.15, -0.1) is 0 Å². The van der Waals surface area contributed by atoms with E-state index in [0.717, 1.165) is 12.2 Å². The van der Waals surface area contributed by atoms with Crippen LogP contribution in [0.15, 0.2) is 24.3 Å². The molecule has 1 aromatic carbocycles. The zero-order chi connectivity index (χ0) is 15.4. The number of carbonyl (C=O) groups is 1. The number of fused-ring (bicyclic) bond motifs is 1. The van der Waals surface area contributed by atoms with Gasteiger partial charge in [-0.05, 0) is 49.4 Å². The van der Waals surface area contributed by atoms with E-state index in [0.29, 0.717) is 30.1 Å². The number of nitrogens with one attached hydrogen (secondary N) is 2. The first-order chi connectivity index (χ1) is 10.7. The number of ether oxygens (including phenoxy) is 1. The highest BCUT2D eigenvalue weighted by atomic mass is 35.5. The average molecular weight is 323 g/mol. The monoisotopic (exact) mass is 322 g/mol. The predicted molar refractivity (Wildman–Crippen MR) is 87.2 cm³/mol. The Bertz CT molecular complexity index is 492. The van der Waals surface area contributed by atoms with Gasteiger partial charge in [0, 0.05) is 11.1 Å². The van der Waals surface area contributed by atoms with Gasteiger partial charge in [-0.25, -0.2) is 0 Å². The third-order valence-corrected chi connectivity index (χ3v) is 4.91. The van der Waals surface area contributed by atoms with Gasteiger partial charge in [0.1, 0.15) is 12.4 Å². The molecule has 120 valence electrons. The molecule has 2 aliphatic rings. The van der Waals surface area contributed by atoms with Crippen LogP contribution in [0.4, 0.5) is 0 Å². The van der Waals surface area contributed by atoms with Crippen LogP contribution in [0, 0.1) is 5.92 Å². The highest BCUT2D eigenvalue weighted by molar-refractivity contribution is 6.30. The van der Waals surface area contributed by atoms with Gasteiger partial charge in [-0.1, -0.05) is 24.4 Å². The number of rotatable bonds is 5. The first-order valence-corrected chi connectivity index (χ1v) is 8.52. The van der Waals surface area contributed by atoms with Crippen LogP contribution in [0.1, 0.15) is 32.1 Å². The van der Waals surface area contributed by atoms with Crippen molar-refractivity contribution >= 4 is 17.5 Å². The molecule has 0 aromatic heterocycles. The van der Waals surface area contributed by atoms with Crippen molar-refractivity contribution in [2.45, 2.75) is 44.2 Å². The van der Waals surface area contributed by atoms with Crippen molar-refractivity contribution in [2.75, 3.05) is 13.2 Å². The minimum Gasteiger partial charge on any atom is -0.492 e. The summed E-state index contributed by atoms with van der Waals surface area (Å²) < 4.78 is 5.57. The highest BCUT2D eigenvalue weighted by Gasteiger charge is 2.37. The summed E-state index contributed by atoms with van der Waals surface area (Å²) in [6.45, 7) is 0.988. The van der Waals surface area contributed by atoms with E-state index in [4.69, 9.17) is 16.3 Å². The molecule has 0 bridgehead atoms. The minimum absolute atomic E-state index is 0.0244. The lowest BCUT2D eigenvalue weighted by Gasteiger charge is -2.24. The second-order valence-corrected chi connectivity index (χ2v) is 6.64. The lowest BCUT2D eigenvalue weighted by Crippen LogP contribution is -2.44. The number of amides is 1. The van der Waals surface area contributed by atoms with E-state index in [1.165, 1.54) is 25.7 Å². The standard InChI is InChI=1S/C17H23ClN2O2/c18-13-5-7-14(8-6-13)22-10-9-19-17(21)16-11-12-3-1-2-4-15(12)20-16/h5-8,12,15-16,20H,1-4,9-11H2,(H,19,21). The number of hydrogen-bond acceptors (Lipinski definition) is 3. The van der Waals surface area contributed by atoms with Gasteiger partial charge in [0.05, 0.1) is 12.6 Å². The van der Waals surface area contributed by atoms with E-state index in [2.05, 4.69) is 10.6 Å².